The number of nitrogens with zero attached hydrogens (tertiary/aromatic N) is 3. The minimum absolute atomic E-state index is 0.207. The monoisotopic (exact) mass is 361 g/mol. The van der Waals surface area contributed by atoms with Gasteiger partial charge in [-0.15, -0.1) is 0 Å². The van der Waals surface area contributed by atoms with E-state index in [2.05, 4.69) is 21.6 Å². The third-order valence-electron chi connectivity index (χ3n) is 4.86. The van der Waals surface area contributed by atoms with Crippen LogP contribution < -0.4 is 5.32 Å². The van der Waals surface area contributed by atoms with Gasteiger partial charge in [0.15, 0.2) is 5.82 Å². The van der Waals surface area contributed by atoms with Crippen LogP contribution in [-0.2, 0) is 0 Å². The second-order valence-corrected chi connectivity index (χ2v) is 6.67. The maximum atomic E-state index is 12.4. The van der Waals surface area contributed by atoms with Crippen LogP contribution in [-0.4, -0.2) is 45.4 Å². The molecule has 0 radical (unpaired) electrons. The lowest BCUT2D eigenvalue weighted by atomic mass is 10.0. The van der Waals surface area contributed by atoms with E-state index in [1.807, 2.05) is 36.4 Å². The van der Waals surface area contributed by atoms with Crippen LogP contribution in [0, 0.1) is 11.3 Å². The van der Waals surface area contributed by atoms with Crippen LogP contribution in [0.1, 0.15) is 18.4 Å². The van der Waals surface area contributed by atoms with Gasteiger partial charge in [-0.1, -0.05) is 18.2 Å². The van der Waals surface area contributed by atoms with Crippen LogP contribution in [0.2, 0.25) is 0 Å². The summed E-state index contributed by atoms with van der Waals surface area (Å²) in [6.07, 6.45) is 0.873. The molecule has 1 aliphatic rings. The number of piperidine rings is 1. The molecule has 0 spiro atoms. The SMILES string of the molecule is N#Cc1cccc(-c2ccc3c(NC(=O)N4CCC(O)CC4)n[nH]c3c2)c1. The molecule has 3 N–H and O–H groups in total. The van der Waals surface area contributed by atoms with Crippen LogP contribution in [0.15, 0.2) is 42.5 Å². The highest BCUT2D eigenvalue weighted by atomic mass is 16.3. The molecule has 136 valence electrons. The number of aromatic amines is 1. The van der Waals surface area contributed by atoms with Crippen molar-refractivity contribution < 1.29 is 9.90 Å². The van der Waals surface area contributed by atoms with Crippen molar-refractivity contribution >= 4 is 22.8 Å². The summed E-state index contributed by atoms with van der Waals surface area (Å²) in [7, 11) is 0. The molecule has 1 saturated heterocycles. The van der Waals surface area contributed by atoms with Gasteiger partial charge in [-0.3, -0.25) is 10.4 Å². The van der Waals surface area contributed by atoms with Gasteiger partial charge in [-0.2, -0.15) is 10.4 Å². The number of aliphatic hydroxyl groups excluding tert-OH is 1. The number of anilines is 1. The molecule has 0 saturated carbocycles. The van der Waals surface area contributed by atoms with Crippen LogP contribution in [0.5, 0.6) is 0 Å². The van der Waals surface area contributed by atoms with Crippen LogP contribution in [0.4, 0.5) is 10.6 Å². The molecule has 1 aliphatic heterocycles. The lowest BCUT2D eigenvalue weighted by molar-refractivity contribution is 0.0972. The third-order valence-corrected chi connectivity index (χ3v) is 4.86. The van der Waals surface area contributed by atoms with Gasteiger partial charge in [0, 0.05) is 18.5 Å². The third kappa shape index (κ3) is 3.48. The zero-order valence-electron chi connectivity index (χ0n) is 14.6. The Bertz CT molecular complexity index is 1030. The molecule has 0 bridgehead atoms. The molecule has 1 fully saturated rings. The summed E-state index contributed by atoms with van der Waals surface area (Å²) in [5, 5.41) is 29.5. The summed E-state index contributed by atoms with van der Waals surface area (Å²) < 4.78 is 0. The van der Waals surface area contributed by atoms with Gasteiger partial charge in [0.2, 0.25) is 0 Å². The Morgan fingerprint density at radius 1 is 1.22 bits per heavy atom. The Labute approximate surface area is 156 Å². The molecule has 1 aromatic heterocycles. The number of fused-ring (bicyclic) bond motifs is 1. The van der Waals surface area contributed by atoms with Crippen LogP contribution in [0.25, 0.3) is 22.0 Å². The standard InChI is InChI=1S/C20H19N5O2/c21-12-13-2-1-3-14(10-13)15-4-5-17-18(11-15)23-24-19(17)22-20(27)25-8-6-16(26)7-9-25/h1-5,10-11,16,26H,6-9H2,(H2,22,23,24,27). The van der Waals surface area contributed by atoms with Gasteiger partial charge >= 0.3 is 6.03 Å². The number of nitriles is 1. The molecule has 4 rings (SSSR count). The van der Waals surface area contributed by atoms with Crippen LogP contribution >= 0.6 is 0 Å². The number of amides is 2. The number of hydrogen-bond acceptors (Lipinski definition) is 4. The molecule has 3 aromatic rings. The number of aromatic nitrogens is 2. The second-order valence-electron chi connectivity index (χ2n) is 6.67. The molecule has 0 unspecified atom stereocenters. The predicted molar refractivity (Wildman–Crippen MR) is 102 cm³/mol. The highest BCUT2D eigenvalue weighted by Crippen LogP contribution is 2.27. The Morgan fingerprint density at radius 3 is 2.78 bits per heavy atom. The lowest BCUT2D eigenvalue weighted by Gasteiger charge is -2.29. The Balaban J connectivity index is 1.56. The fraction of sp³-hybridized carbons (Fsp3) is 0.250. The average molecular weight is 361 g/mol. The number of aliphatic hydroxyl groups is 1. The smallest absolute Gasteiger partial charge is 0.323 e. The van der Waals surface area contributed by atoms with E-state index < -0.39 is 0 Å². The summed E-state index contributed by atoms with van der Waals surface area (Å²) in [6.45, 7) is 1.07. The number of rotatable bonds is 2. The number of benzene rings is 2. The zero-order valence-corrected chi connectivity index (χ0v) is 14.6. The maximum absolute atomic E-state index is 12.4. The molecule has 7 heteroatoms. The van der Waals surface area contributed by atoms with E-state index in [0.29, 0.717) is 37.3 Å². The topological polar surface area (TPSA) is 105 Å². The average Bonchev–Trinajstić information content (AvgIpc) is 3.10. The van der Waals surface area contributed by atoms with Crippen molar-refractivity contribution in [1.29, 1.82) is 5.26 Å². The molecule has 2 aromatic carbocycles. The molecular weight excluding hydrogens is 342 g/mol. The number of urea groups is 1. The number of nitrogens with one attached hydrogen (secondary N) is 2. The van der Waals surface area contributed by atoms with E-state index in [1.54, 1.807) is 11.0 Å². The fourth-order valence-electron chi connectivity index (χ4n) is 3.31. The van der Waals surface area contributed by atoms with Crippen LogP contribution in [0.3, 0.4) is 0 Å². The Kier molecular flexibility index (Phi) is 4.48. The number of hydrogen-bond donors (Lipinski definition) is 3. The minimum Gasteiger partial charge on any atom is -0.393 e. The van der Waals surface area contributed by atoms with Crippen molar-refractivity contribution in [2.24, 2.45) is 0 Å². The van der Waals surface area contributed by atoms with Gasteiger partial charge in [0.25, 0.3) is 0 Å². The second kappa shape index (κ2) is 7.09. The van der Waals surface area contributed by atoms with E-state index in [1.165, 1.54) is 0 Å². The first kappa shape index (κ1) is 17.1. The van der Waals surface area contributed by atoms with Crippen molar-refractivity contribution in [1.82, 2.24) is 15.1 Å². The zero-order chi connectivity index (χ0) is 18.8. The van der Waals surface area contributed by atoms with E-state index >= 15 is 0 Å². The Hall–Kier alpha value is -3.37. The van der Waals surface area contributed by atoms with Gasteiger partial charge in [-0.25, -0.2) is 4.79 Å². The predicted octanol–water partition coefficient (Wildman–Crippen LogP) is 3.09. The van der Waals surface area contributed by atoms with E-state index in [-0.39, 0.29) is 12.1 Å². The Morgan fingerprint density at radius 2 is 2.00 bits per heavy atom. The van der Waals surface area contributed by atoms with Crippen molar-refractivity contribution in [3.63, 3.8) is 0 Å². The summed E-state index contributed by atoms with van der Waals surface area (Å²) in [6, 6.07) is 15.2. The van der Waals surface area contributed by atoms with E-state index in [0.717, 1.165) is 22.0 Å². The summed E-state index contributed by atoms with van der Waals surface area (Å²) >= 11 is 0. The van der Waals surface area contributed by atoms with Crippen molar-refractivity contribution in [2.45, 2.75) is 18.9 Å². The quantitative estimate of drug-likeness (QED) is 0.652. The highest BCUT2D eigenvalue weighted by molar-refractivity contribution is 6.00. The lowest BCUT2D eigenvalue weighted by Crippen LogP contribution is -2.42. The molecule has 0 aliphatic carbocycles. The number of likely N-dealkylation sites (tertiary alicyclic amines) is 1. The normalized spacial score (nSPS) is 14.9. The summed E-state index contributed by atoms with van der Waals surface area (Å²) in [4.78, 5) is 14.1. The van der Waals surface area contributed by atoms with Gasteiger partial charge in [-0.05, 0) is 48.2 Å². The first-order chi connectivity index (χ1) is 13.1. The summed E-state index contributed by atoms with van der Waals surface area (Å²) in [5.41, 5.74) is 3.32. The molecule has 27 heavy (non-hydrogen) atoms. The largest absolute Gasteiger partial charge is 0.393 e. The highest BCUT2D eigenvalue weighted by Gasteiger charge is 2.22. The number of carbonyl (C=O) groups is 1. The van der Waals surface area contributed by atoms with Gasteiger partial charge in [0.05, 0.1) is 23.3 Å². The molecule has 7 nitrogen and oxygen atoms in total. The molecule has 2 heterocycles. The van der Waals surface area contributed by atoms with Crippen molar-refractivity contribution in [3.05, 3.63) is 48.0 Å². The molecule has 0 atom stereocenters. The first-order valence-corrected chi connectivity index (χ1v) is 8.87. The van der Waals surface area contributed by atoms with Crippen molar-refractivity contribution in [2.75, 3.05) is 18.4 Å². The van der Waals surface area contributed by atoms with E-state index in [9.17, 15) is 9.90 Å². The fourth-order valence-corrected chi connectivity index (χ4v) is 3.31. The molecule has 2 amide bonds. The minimum atomic E-state index is -0.321. The maximum Gasteiger partial charge on any atom is 0.323 e. The number of H-pyrrole nitrogens is 1. The van der Waals surface area contributed by atoms with Gasteiger partial charge in [0.1, 0.15) is 0 Å². The van der Waals surface area contributed by atoms with Crippen molar-refractivity contribution in [3.8, 4) is 17.2 Å². The number of carbonyl (C=O) groups excluding carboxylic acids is 1. The molecular formula is C20H19N5O2. The first-order valence-electron chi connectivity index (χ1n) is 8.87. The van der Waals surface area contributed by atoms with E-state index in [4.69, 9.17) is 5.26 Å². The van der Waals surface area contributed by atoms with Gasteiger partial charge < -0.3 is 10.0 Å². The summed E-state index contributed by atoms with van der Waals surface area (Å²) in [5.74, 6) is 0.485.